The molecule has 1 heterocycles. The van der Waals surface area contributed by atoms with Crippen molar-refractivity contribution in [3.63, 3.8) is 0 Å². The Bertz CT molecular complexity index is 830. The van der Waals surface area contributed by atoms with Crippen LogP contribution in [0.4, 0.5) is 0 Å². The number of carboxylic acids is 1. The van der Waals surface area contributed by atoms with E-state index in [0.717, 1.165) is 0 Å². The van der Waals surface area contributed by atoms with Crippen molar-refractivity contribution in [2.24, 2.45) is 0 Å². The van der Waals surface area contributed by atoms with E-state index in [2.05, 4.69) is 10.1 Å². The second-order valence-electron chi connectivity index (χ2n) is 4.64. The third-order valence-electron chi connectivity index (χ3n) is 3.01. The van der Waals surface area contributed by atoms with Crippen molar-refractivity contribution >= 4 is 17.6 Å². The highest BCUT2D eigenvalue weighted by molar-refractivity contribution is 6.30. The first-order valence-corrected chi connectivity index (χ1v) is 7.04. The van der Waals surface area contributed by atoms with Gasteiger partial charge in [-0.15, -0.1) is 0 Å². The molecule has 0 amide bonds. The van der Waals surface area contributed by atoms with Crippen LogP contribution in [0.25, 0.3) is 11.4 Å². The van der Waals surface area contributed by atoms with E-state index in [1.807, 2.05) is 0 Å². The van der Waals surface area contributed by atoms with Crippen LogP contribution >= 0.6 is 11.6 Å². The van der Waals surface area contributed by atoms with E-state index < -0.39 is 5.97 Å². The summed E-state index contributed by atoms with van der Waals surface area (Å²) >= 11 is 5.80. The zero-order valence-corrected chi connectivity index (χ0v) is 12.5. The number of hydrogen-bond donors (Lipinski definition) is 1. The Hall–Kier alpha value is -2.86. The molecule has 6 nitrogen and oxygen atoms in total. The molecule has 0 atom stereocenters. The van der Waals surface area contributed by atoms with Crippen molar-refractivity contribution < 1.29 is 19.2 Å². The van der Waals surface area contributed by atoms with E-state index in [-0.39, 0.29) is 18.1 Å². The van der Waals surface area contributed by atoms with Gasteiger partial charge in [0.2, 0.25) is 5.82 Å². The van der Waals surface area contributed by atoms with E-state index in [9.17, 15) is 4.79 Å². The minimum Gasteiger partial charge on any atom is -0.484 e. The molecule has 0 saturated heterocycles. The lowest BCUT2D eigenvalue weighted by Gasteiger charge is -2.02. The predicted molar refractivity (Wildman–Crippen MR) is 82.5 cm³/mol. The van der Waals surface area contributed by atoms with Crippen molar-refractivity contribution in [1.82, 2.24) is 10.1 Å². The first-order valence-electron chi connectivity index (χ1n) is 6.66. The van der Waals surface area contributed by atoms with Gasteiger partial charge in [0.05, 0.1) is 5.56 Å². The number of benzene rings is 2. The molecule has 1 aromatic heterocycles. The molecule has 116 valence electrons. The molecule has 3 aromatic rings. The fourth-order valence-electron chi connectivity index (χ4n) is 1.90. The van der Waals surface area contributed by atoms with E-state index in [4.69, 9.17) is 26.0 Å². The lowest BCUT2D eigenvalue weighted by molar-refractivity contribution is 0.0697. The van der Waals surface area contributed by atoms with Crippen molar-refractivity contribution in [3.05, 3.63) is 65.0 Å². The summed E-state index contributed by atoms with van der Waals surface area (Å²) in [5.41, 5.74) is 0.720. The normalized spacial score (nSPS) is 10.5. The van der Waals surface area contributed by atoms with Gasteiger partial charge in [-0.1, -0.05) is 28.9 Å². The zero-order chi connectivity index (χ0) is 16.2. The molecule has 0 radical (unpaired) electrons. The van der Waals surface area contributed by atoms with Crippen LogP contribution in [-0.4, -0.2) is 21.2 Å². The van der Waals surface area contributed by atoms with Gasteiger partial charge in [0, 0.05) is 10.6 Å². The molecule has 3 rings (SSSR count). The minimum absolute atomic E-state index is 0.104. The summed E-state index contributed by atoms with van der Waals surface area (Å²) in [7, 11) is 0. The van der Waals surface area contributed by atoms with Crippen LogP contribution in [0.2, 0.25) is 5.02 Å². The number of hydrogen-bond acceptors (Lipinski definition) is 5. The SMILES string of the molecule is O=C(O)c1cccc(-c2noc(COc3ccc(Cl)cc3)n2)c1. The second kappa shape index (κ2) is 6.50. The Morgan fingerprint density at radius 2 is 2.00 bits per heavy atom. The Morgan fingerprint density at radius 3 is 2.74 bits per heavy atom. The van der Waals surface area contributed by atoms with Crippen molar-refractivity contribution in [2.75, 3.05) is 0 Å². The molecule has 0 bridgehead atoms. The number of carboxylic acid groups (broad SMARTS) is 1. The monoisotopic (exact) mass is 330 g/mol. The van der Waals surface area contributed by atoms with Crippen LogP contribution in [0.1, 0.15) is 16.2 Å². The van der Waals surface area contributed by atoms with Crippen LogP contribution in [0.15, 0.2) is 53.1 Å². The summed E-state index contributed by atoms with van der Waals surface area (Å²) in [4.78, 5) is 15.2. The fraction of sp³-hybridized carbons (Fsp3) is 0.0625. The Morgan fingerprint density at radius 1 is 1.22 bits per heavy atom. The van der Waals surface area contributed by atoms with E-state index >= 15 is 0 Å². The van der Waals surface area contributed by atoms with Gasteiger partial charge in [-0.2, -0.15) is 4.98 Å². The third-order valence-corrected chi connectivity index (χ3v) is 3.26. The summed E-state index contributed by atoms with van der Waals surface area (Å²) in [6.45, 7) is 0.104. The standard InChI is InChI=1S/C16H11ClN2O4/c17-12-4-6-13(7-5-12)22-9-14-18-15(19-23-14)10-2-1-3-11(8-10)16(20)21/h1-8H,9H2,(H,20,21). The number of rotatable bonds is 5. The lowest BCUT2D eigenvalue weighted by Crippen LogP contribution is -1.97. The molecule has 23 heavy (non-hydrogen) atoms. The first-order chi connectivity index (χ1) is 11.1. The molecule has 0 unspecified atom stereocenters. The molecule has 0 saturated carbocycles. The number of ether oxygens (including phenoxy) is 1. The van der Waals surface area contributed by atoms with Gasteiger partial charge in [0.15, 0.2) is 6.61 Å². The Kier molecular flexibility index (Phi) is 4.25. The molecule has 7 heteroatoms. The fourth-order valence-corrected chi connectivity index (χ4v) is 2.02. The van der Waals surface area contributed by atoms with Gasteiger partial charge in [-0.05, 0) is 36.4 Å². The molecule has 2 aromatic carbocycles. The van der Waals surface area contributed by atoms with E-state index in [0.29, 0.717) is 22.2 Å². The summed E-state index contributed by atoms with van der Waals surface area (Å²) in [6, 6.07) is 13.2. The molecule has 0 aliphatic rings. The van der Waals surface area contributed by atoms with Gasteiger partial charge >= 0.3 is 5.97 Å². The number of halogens is 1. The van der Waals surface area contributed by atoms with Gasteiger partial charge in [-0.3, -0.25) is 0 Å². The molecule has 0 fully saturated rings. The Labute approximate surface area is 136 Å². The molecule has 0 aliphatic heterocycles. The zero-order valence-electron chi connectivity index (χ0n) is 11.8. The third kappa shape index (κ3) is 3.67. The average molecular weight is 331 g/mol. The van der Waals surface area contributed by atoms with Gasteiger partial charge < -0.3 is 14.4 Å². The number of aromatic carboxylic acids is 1. The molecular weight excluding hydrogens is 320 g/mol. The highest BCUT2D eigenvalue weighted by atomic mass is 35.5. The second-order valence-corrected chi connectivity index (χ2v) is 5.08. The number of aromatic nitrogens is 2. The highest BCUT2D eigenvalue weighted by Gasteiger charge is 2.11. The van der Waals surface area contributed by atoms with Crippen LogP contribution in [0, 0.1) is 0 Å². The van der Waals surface area contributed by atoms with E-state index in [1.54, 1.807) is 36.4 Å². The minimum atomic E-state index is -1.01. The van der Waals surface area contributed by atoms with Gasteiger partial charge in [0.1, 0.15) is 5.75 Å². The molecule has 0 spiro atoms. The topological polar surface area (TPSA) is 85.5 Å². The molecule has 0 aliphatic carbocycles. The molecular formula is C16H11ClN2O4. The van der Waals surface area contributed by atoms with Crippen LogP contribution in [0.3, 0.4) is 0 Å². The Balaban J connectivity index is 1.71. The van der Waals surface area contributed by atoms with Crippen molar-refractivity contribution in [1.29, 1.82) is 0 Å². The highest BCUT2D eigenvalue weighted by Crippen LogP contribution is 2.19. The molecule has 1 N–H and O–H groups in total. The summed E-state index contributed by atoms with van der Waals surface area (Å²) < 4.78 is 10.6. The maximum Gasteiger partial charge on any atom is 0.335 e. The average Bonchev–Trinajstić information content (AvgIpc) is 3.03. The van der Waals surface area contributed by atoms with Crippen LogP contribution < -0.4 is 4.74 Å². The van der Waals surface area contributed by atoms with Crippen molar-refractivity contribution in [2.45, 2.75) is 6.61 Å². The first kappa shape index (κ1) is 15.1. The number of carbonyl (C=O) groups is 1. The lowest BCUT2D eigenvalue weighted by atomic mass is 10.1. The number of nitrogens with zero attached hydrogens (tertiary/aromatic N) is 2. The van der Waals surface area contributed by atoms with E-state index in [1.165, 1.54) is 12.1 Å². The smallest absolute Gasteiger partial charge is 0.335 e. The summed E-state index contributed by atoms with van der Waals surface area (Å²) in [5.74, 6) is 0.210. The predicted octanol–water partition coefficient (Wildman–Crippen LogP) is 3.67. The van der Waals surface area contributed by atoms with Gasteiger partial charge in [0.25, 0.3) is 5.89 Å². The van der Waals surface area contributed by atoms with Crippen LogP contribution in [0.5, 0.6) is 5.75 Å². The quantitative estimate of drug-likeness (QED) is 0.768. The van der Waals surface area contributed by atoms with Crippen LogP contribution in [-0.2, 0) is 6.61 Å². The largest absolute Gasteiger partial charge is 0.484 e. The van der Waals surface area contributed by atoms with Crippen molar-refractivity contribution in [3.8, 4) is 17.1 Å². The maximum absolute atomic E-state index is 11.0. The summed E-state index contributed by atoms with van der Waals surface area (Å²) in [6.07, 6.45) is 0. The maximum atomic E-state index is 11.0. The van der Waals surface area contributed by atoms with Gasteiger partial charge in [-0.25, -0.2) is 4.79 Å². The summed E-state index contributed by atoms with van der Waals surface area (Å²) in [5, 5.41) is 13.5.